The van der Waals surface area contributed by atoms with E-state index in [0.717, 1.165) is 23.3 Å². The molecule has 0 fully saturated rings. The molecule has 1 aromatic heterocycles. The van der Waals surface area contributed by atoms with Crippen LogP contribution in [0.2, 0.25) is 5.02 Å². The van der Waals surface area contributed by atoms with Crippen molar-refractivity contribution >= 4 is 23.8 Å². The summed E-state index contributed by atoms with van der Waals surface area (Å²) in [5, 5.41) is 2.28. The van der Waals surface area contributed by atoms with Crippen LogP contribution in [0.25, 0.3) is 17.6 Å². The maximum atomic E-state index is 13.1. The highest BCUT2D eigenvalue weighted by atomic mass is 35.5. The van der Waals surface area contributed by atoms with Gasteiger partial charge in [0, 0.05) is 17.8 Å². The van der Waals surface area contributed by atoms with Gasteiger partial charge in [0.05, 0.1) is 22.3 Å². The molecule has 0 bridgehead atoms. The van der Waals surface area contributed by atoms with Crippen LogP contribution < -0.4 is 0 Å². The summed E-state index contributed by atoms with van der Waals surface area (Å²) in [5.41, 5.74) is -3.86. The predicted molar refractivity (Wildman–Crippen MR) is 87.0 cm³/mol. The fourth-order valence-corrected chi connectivity index (χ4v) is 2.38. The predicted octanol–water partition coefficient (Wildman–Crippen LogP) is 5.06. The summed E-state index contributed by atoms with van der Waals surface area (Å²) in [7, 11) is 0. The minimum atomic E-state index is -5.11. The summed E-state index contributed by atoms with van der Waals surface area (Å²) in [5.74, 6) is -1.13. The minimum Gasteiger partial charge on any atom is -0.460 e. The Bertz CT molecular complexity index is 868. The molecule has 0 unspecified atom stereocenters. The zero-order chi connectivity index (χ0) is 21.3. The van der Waals surface area contributed by atoms with Gasteiger partial charge < -0.3 is 4.74 Å². The molecule has 0 spiro atoms. The lowest BCUT2D eigenvalue weighted by Gasteiger charge is -2.16. The van der Waals surface area contributed by atoms with E-state index >= 15 is 0 Å². The molecule has 0 atom stereocenters. The first-order valence-electron chi connectivity index (χ1n) is 7.57. The van der Waals surface area contributed by atoms with Gasteiger partial charge in [-0.3, -0.25) is 0 Å². The number of hydrogen-bond donors (Lipinski definition) is 0. The second-order valence-electron chi connectivity index (χ2n) is 5.73. The maximum absolute atomic E-state index is 13.1. The summed E-state index contributed by atoms with van der Waals surface area (Å²) in [4.78, 5) is 15.1. The Labute approximate surface area is 159 Å². The lowest BCUT2D eigenvalue weighted by molar-refractivity contribution is -0.143. The quantitative estimate of drug-likeness (QED) is 0.389. The first kappa shape index (κ1) is 21.7. The molecule has 0 N–H and O–H groups in total. The van der Waals surface area contributed by atoms with E-state index in [1.165, 1.54) is 0 Å². The molecule has 1 heterocycles. The average molecular weight is 428 g/mol. The van der Waals surface area contributed by atoms with Crippen molar-refractivity contribution in [1.82, 2.24) is 14.8 Å². The number of hydrogen-bond acceptors (Lipinski definition) is 4. The number of esters is 1. The Morgan fingerprint density at radius 1 is 1.14 bits per heavy atom. The Kier molecular flexibility index (Phi) is 6.07. The minimum absolute atomic E-state index is 0.376. The third-order valence-corrected chi connectivity index (χ3v) is 3.57. The van der Waals surface area contributed by atoms with Crippen LogP contribution in [-0.4, -0.2) is 26.8 Å². The van der Waals surface area contributed by atoms with Crippen LogP contribution in [0.4, 0.5) is 26.3 Å². The fourth-order valence-electron chi connectivity index (χ4n) is 2.05. The number of nitrogens with zero attached hydrogens (tertiary/aromatic N) is 3. The molecule has 28 heavy (non-hydrogen) atoms. The normalized spacial score (nSPS) is 12.8. The van der Waals surface area contributed by atoms with Crippen LogP contribution in [0.3, 0.4) is 0 Å². The van der Waals surface area contributed by atoms with E-state index in [2.05, 4.69) is 10.1 Å². The van der Waals surface area contributed by atoms with Crippen LogP contribution in [-0.2, 0) is 21.9 Å². The van der Waals surface area contributed by atoms with Gasteiger partial charge in [-0.15, -0.1) is 5.10 Å². The number of aromatic nitrogens is 3. The number of benzene rings is 1. The van der Waals surface area contributed by atoms with Crippen molar-refractivity contribution in [3.05, 3.63) is 40.7 Å². The van der Waals surface area contributed by atoms with E-state index in [4.69, 9.17) is 16.3 Å². The molecular weight excluding hydrogens is 416 g/mol. The monoisotopic (exact) mass is 427 g/mol. The summed E-state index contributed by atoms with van der Waals surface area (Å²) < 4.78 is 84.2. The van der Waals surface area contributed by atoms with Crippen LogP contribution in [0, 0.1) is 0 Å². The van der Waals surface area contributed by atoms with E-state index in [0.29, 0.717) is 12.1 Å². The molecule has 0 saturated carbocycles. The zero-order valence-corrected chi connectivity index (χ0v) is 15.0. The number of carbonyl (C=O) groups is 1. The van der Waals surface area contributed by atoms with Crippen LogP contribution >= 0.6 is 11.6 Å². The van der Waals surface area contributed by atoms with Crippen molar-refractivity contribution in [1.29, 1.82) is 0 Å². The highest BCUT2D eigenvalue weighted by molar-refractivity contribution is 6.32. The molecule has 0 radical (unpaired) electrons. The molecule has 0 aliphatic carbocycles. The van der Waals surface area contributed by atoms with E-state index < -0.39 is 45.9 Å². The molecule has 0 aliphatic rings. The largest absolute Gasteiger partial charge is 0.460 e. The van der Waals surface area contributed by atoms with E-state index in [1.54, 1.807) is 13.8 Å². The summed E-state index contributed by atoms with van der Waals surface area (Å²) in [6, 6.07) is 0.849. The van der Waals surface area contributed by atoms with Crippen LogP contribution in [0.15, 0.2) is 24.5 Å². The molecule has 0 aliphatic heterocycles. The molecular formula is C16H12ClF6N3O2. The van der Waals surface area contributed by atoms with Gasteiger partial charge in [-0.1, -0.05) is 11.6 Å². The van der Waals surface area contributed by atoms with Crippen molar-refractivity contribution in [2.45, 2.75) is 32.3 Å². The highest BCUT2D eigenvalue weighted by Crippen LogP contribution is 2.44. The van der Waals surface area contributed by atoms with Gasteiger partial charge in [0.2, 0.25) is 0 Å². The number of rotatable bonds is 4. The molecule has 0 saturated heterocycles. The van der Waals surface area contributed by atoms with Crippen molar-refractivity contribution in [2.24, 2.45) is 0 Å². The third kappa shape index (κ3) is 5.24. The lowest BCUT2D eigenvalue weighted by Crippen LogP contribution is -2.13. The molecule has 152 valence electrons. The topological polar surface area (TPSA) is 57.0 Å². The Hall–Kier alpha value is -2.56. The Morgan fingerprint density at radius 3 is 2.14 bits per heavy atom. The van der Waals surface area contributed by atoms with Gasteiger partial charge in [-0.2, -0.15) is 26.3 Å². The fraction of sp³-hybridized carbons (Fsp3) is 0.312. The van der Waals surface area contributed by atoms with Gasteiger partial charge >= 0.3 is 18.3 Å². The summed E-state index contributed by atoms with van der Waals surface area (Å²) in [6.07, 6.45) is -7.54. The summed E-state index contributed by atoms with van der Waals surface area (Å²) >= 11 is 5.32. The number of alkyl halides is 6. The first-order valence-corrected chi connectivity index (χ1v) is 7.95. The third-order valence-electron chi connectivity index (χ3n) is 3.17. The number of carbonyl (C=O) groups excluding carboxylic acids is 1. The zero-order valence-electron chi connectivity index (χ0n) is 14.3. The second kappa shape index (κ2) is 7.82. The van der Waals surface area contributed by atoms with Crippen molar-refractivity contribution in [3.8, 4) is 11.4 Å². The maximum Gasteiger partial charge on any atom is 0.417 e. The molecule has 0 amide bonds. The number of halogens is 7. The first-order chi connectivity index (χ1) is 12.8. The smallest absolute Gasteiger partial charge is 0.417 e. The van der Waals surface area contributed by atoms with Crippen molar-refractivity contribution < 1.29 is 35.9 Å². The van der Waals surface area contributed by atoms with Crippen molar-refractivity contribution in [3.63, 3.8) is 0 Å². The Morgan fingerprint density at radius 2 is 1.68 bits per heavy atom. The molecule has 12 heteroatoms. The van der Waals surface area contributed by atoms with Crippen LogP contribution in [0.5, 0.6) is 0 Å². The number of ether oxygens (including phenoxy) is 1. The van der Waals surface area contributed by atoms with Gasteiger partial charge in [-0.05, 0) is 26.0 Å². The molecule has 2 aromatic rings. The molecule has 2 rings (SSSR count). The van der Waals surface area contributed by atoms with Gasteiger partial charge in [0.25, 0.3) is 0 Å². The van der Waals surface area contributed by atoms with Gasteiger partial charge in [0.1, 0.15) is 6.33 Å². The average Bonchev–Trinajstić information content (AvgIpc) is 2.99. The van der Waals surface area contributed by atoms with Crippen LogP contribution in [0.1, 0.15) is 25.0 Å². The van der Waals surface area contributed by atoms with Crippen molar-refractivity contribution in [2.75, 3.05) is 0 Å². The van der Waals surface area contributed by atoms with E-state index in [9.17, 15) is 31.1 Å². The van der Waals surface area contributed by atoms with Gasteiger partial charge in [0.15, 0.2) is 5.82 Å². The van der Waals surface area contributed by atoms with E-state index in [1.807, 2.05) is 0 Å². The lowest BCUT2D eigenvalue weighted by atomic mass is 10.0. The standard InChI is InChI=1S/C16H12ClF6N3O2/c1-8(2)28-12(27)3-4-26-7-24-14(25-26)9-5-10(15(18,19)20)13(17)11(6-9)16(21,22)23/h3-8H,1-2H3. The van der Waals surface area contributed by atoms with E-state index in [-0.39, 0.29) is 6.10 Å². The Balaban J connectivity index is 2.45. The molecule has 5 nitrogen and oxygen atoms in total. The molecule has 1 aromatic carbocycles. The summed E-state index contributed by atoms with van der Waals surface area (Å²) in [6.45, 7) is 3.24. The highest BCUT2D eigenvalue weighted by Gasteiger charge is 2.41. The van der Waals surface area contributed by atoms with Gasteiger partial charge in [-0.25, -0.2) is 14.5 Å². The second-order valence-corrected chi connectivity index (χ2v) is 6.11. The SMILES string of the molecule is CC(C)OC(=O)C=Cn1cnc(-c2cc(C(F)(F)F)c(Cl)c(C(F)(F)F)c2)n1.